The maximum atomic E-state index is 11.7. The topological polar surface area (TPSA) is 87.6 Å². The zero-order valence-electron chi connectivity index (χ0n) is 17.4. The summed E-state index contributed by atoms with van der Waals surface area (Å²) < 4.78 is 6.08. The quantitative estimate of drug-likeness (QED) is 0.740. The van der Waals surface area contributed by atoms with E-state index in [9.17, 15) is 9.90 Å². The number of hydrogen-bond donors (Lipinski definition) is 2. The number of phenolic OH excluding ortho intramolecular Hbond substituents is 1. The Kier molecular flexibility index (Phi) is 5.99. The van der Waals surface area contributed by atoms with E-state index < -0.39 is 0 Å². The van der Waals surface area contributed by atoms with Crippen LogP contribution in [-0.2, 0) is 4.79 Å². The third-order valence-electron chi connectivity index (χ3n) is 5.76. The Morgan fingerprint density at radius 2 is 1.93 bits per heavy atom. The molecule has 158 valence electrons. The van der Waals surface area contributed by atoms with Crippen LogP contribution in [0.1, 0.15) is 37.7 Å². The van der Waals surface area contributed by atoms with Crippen molar-refractivity contribution in [3.63, 3.8) is 0 Å². The van der Waals surface area contributed by atoms with E-state index in [4.69, 9.17) is 4.74 Å². The summed E-state index contributed by atoms with van der Waals surface area (Å²) in [4.78, 5) is 13.1. The number of carbonyl (C=O) groups is 1. The lowest BCUT2D eigenvalue weighted by molar-refractivity contribution is -0.123. The fourth-order valence-corrected chi connectivity index (χ4v) is 4.19. The second-order valence-electron chi connectivity index (χ2n) is 8.30. The van der Waals surface area contributed by atoms with Gasteiger partial charge in [-0.15, -0.1) is 10.2 Å². The van der Waals surface area contributed by atoms with Gasteiger partial charge in [-0.2, -0.15) is 0 Å². The number of nitrogens with zero attached hydrogens (tertiary/aromatic N) is 3. The zero-order valence-corrected chi connectivity index (χ0v) is 17.4. The summed E-state index contributed by atoms with van der Waals surface area (Å²) >= 11 is 0. The number of amides is 1. The van der Waals surface area contributed by atoms with Gasteiger partial charge in [0.05, 0.1) is 5.69 Å². The molecule has 3 atom stereocenters. The van der Waals surface area contributed by atoms with Crippen molar-refractivity contribution in [2.75, 3.05) is 14.1 Å². The van der Waals surface area contributed by atoms with Gasteiger partial charge in [-0.1, -0.05) is 12.5 Å². The van der Waals surface area contributed by atoms with E-state index in [0.29, 0.717) is 29.2 Å². The van der Waals surface area contributed by atoms with Crippen LogP contribution in [0, 0.1) is 0 Å². The summed E-state index contributed by atoms with van der Waals surface area (Å²) in [5, 5.41) is 22.5. The molecule has 4 rings (SSSR count). The average Bonchev–Trinajstić information content (AvgIpc) is 2.72. The van der Waals surface area contributed by atoms with Crippen LogP contribution in [0.15, 0.2) is 36.4 Å². The fraction of sp³-hybridized carbons (Fsp3) is 0.435. The van der Waals surface area contributed by atoms with Gasteiger partial charge in [0.2, 0.25) is 11.8 Å². The number of piperidine rings is 2. The van der Waals surface area contributed by atoms with E-state index >= 15 is 0 Å². The van der Waals surface area contributed by atoms with Crippen molar-refractivity contribution in [2.45, 2.75) is 50.3 Å². The van der Waals surface area contributed by atoms with Crippen LogP contribution in [0.5, 0.6) is 11.6 Å². The molecule has 0 saturated carbocycles. The lowest BCUT2D eigenvalue weighted by Crippen LogP contribution is -2.51. The van der Waals surface area contributed by atoms with E-state index in [0.717, 1.165) is 18.4 Å². The molecule has 7 heteroatoms. The third kappa shape index (κ3) is 4.79. The zero-order chi connectivity index (χ0) is 21.1. The number of ether oxygens (including phenoxy) is 1. The van der Waals surface area contributed by atoms with E-state index in [1.165, 1.54) is 30.2 Å². The predicted octanol–water partition coefficient (Wildman–Crippen LogP) is 3.00. The van der Waals surface area contributed by atoms with E-state index in [2.05, 4.69) is 15.5 Å². The molecule has 2 saturated heterocycles. The monoisotopic (exact) mass is 408 g/mol. The number of rotatable bonds is 5. The molecule has 0 aliphatic carbocycles. The van der Waals surface area contributed by atoms with Crippen molar-refractivity contribution in [3.05, 3.63) is 42.0 Å². The first kappa shape index (κ1) is 20.3. The van der Waals surface area contributed by atoms with Gasteiger partial charge in [-0.25, -0.2) is 0 Å². The van der Waals surface area contributed by atoms with Gasteiger partial charge >= 0.3 is 0 Å². The summed E-state index contributed by atoms with van der Waals surface area (Å²) in [5.74, 6) is 0.492. The standard InChI is InChI=1S/C23H28N4O3/c1-27(2)23(29)11-7-15-6-8-19(21(28)12-15)20-9-10-22(26-25-20)30-18-13-16-4-3-5-17(14-18)24-16/h6-12,16-18,24,28H,3-5,13-14H2,1-2H3/b11-7+/t16-,17+,18+. The molecule has 2 aliphatic heterocycles. The van der Waals surface area contributed by atoms with Gasteiger partial charge in [0, 0.05) is 43.9 Å². The molecular weight excluding hydrogens is 380 g/mol. The summed E-state index contributed by atoms with van der Waals surface area (Å²) in [7, 11) is 3.38. The second-order valence-corrected chi connectivity index (χ2v) is 8.30. The first-order valence-corrected chi connectivity index (χ1v) is 10.5. The van der Waals surface area contributed by atoms with Crippen molar-refractivity contribution in [3.8, 4) is 22.9 Å². The molecular formula is C23H28N4O3. The van der Waals surface area contributed by atoms with Crippen LogP contribution in [-0.4, -0.2) is 58.4 Å². The smallest absolute Gasteiger partial charge is 0.246 e. The maximum Gasteiger partial charge on any atom is 0.246 e. The Labute approximate surface area is 176 Å². The van der Waals surface area contributed by atoms with Crippen LogP contribution in [0.2, 0.25) is 0 Å². The van der Waals surface area contributed by atoms with Gasteiger partial charge < -0.3 is 20.1 Å². The number of aromatic hydroxyl groups is 1. The molecule has 30 heavy (non-hydrogen) atoms. The number of benzene rings is 1. The van der Waals surface area contributed by atoms with Crippen LogP contribution in [0.4, 0.5) is 0 Å². The second kappa shape index (κ2) is 8.83. The highest BCUT2D eigenvalue weighted by Gasteiger charge is 2.32. The Morgan fingerprint density at radius 3 is 2.57 bits per heavy atom. The first-order valence-electron chi connectivity index (χ1n) is 10.5. The summed E-state index contributed by atoms with van der Waals surface area (Å²) in [6, 6.07) is 9.92. The van der Waals surface area contributed by atoms with Crippen molar-refractivity contribution < 1.29 is 14.6 Å². The molecule has 3 heterocycles. The summed E-state index contributed by atoms with van der Waals surface area (Å²) in [5.41, 5.74) is 1.89. The van der Waals surface area contributed by atoms with Gasteiger partial charge in [0.1, 0.15) is 11.9 Å². The number of likely N-dealkylation sites (N-methyl/N-ethyl adjacent to an activating group) is 1. The molecule has 0 unspecified atom stereocenters. The Morgan fingerprint density at radius 1 is 1.17 bits per heavy atom. The largest absolute Gasteiger partial charge is 0.507 e. The van der Waals surface area contributed by atoms with Gasteiger partial charge in [0.15, 0.2) is 0 Å². The van der Waals surface area contributed by atoms with Crippen LogP contribution in [0.3, 0.4) is 0 Å². The maximum absolute atomic E-state index is 11.7. The molecule has 1 aromatic carbocycles. The first-order chi connectivity index (χ1) is 14.5. The van der Waals surface area contributed by atoms with Gasteiger partial charge in [-0.3, -0.25) is 4.79 Å². The lowest BCUT2D eigenvalue weighted by atomic mass is 9.85. The average molecular weight is 409 g/mol. The summed E-state index contributed by atoms with van der Waals surface area (Å²) in [6.07, 6.45) is 9.05. The lowest BCUT2D eigenvalue weighted by Gasteiger charge is -2.39. The minimum Gasteiger partial charge on any atom is -0.507 e. The molecule has 7 nitrogen and oxygen atoms in total. The SMILES string of the molecule is CN(C)C(=O)/C=C/c1ccc(-c2ccc(O[C@H]3C[C@H]4CCC[C@@H](C3)N4)nn2)c(O)c1. The Hall–Kier alpha value is -2.93. The van der Waals surface area contributed by atoms with Crippen molar-refractivity contribution >= 4 is 12.0 Å². The van der Waals surface area contributed by atoms with Gasteiger partial charge in [0.25, 0.3) is 0 Å². The molecule has 2 aromatic rings. The van der Waals surface area contributed by atoms with Crippen molar-refractivity contribution in [1.82, 2.24) is 20.4 Å². The molecule has 2 aliphatic rings. The normalized spacial score (nSPS) is 23.3. The number of fused-ring (bicyclic) bond motifs is 2. The molecule has 1 aromatic heterocycles. The highest BCUT2D eigenvalue weighted by Crippen LogP contribution is 2.31. The molecule has 0 radical (unpaired) electrons. The molecule has 2 bridgehead atoms. The minimum absolute atomic E-state index is 0.0867. The highest BCUT2D eigenvalue weighted by atomic mass is 16.5. The fourth-order valence-electron chi connectivity index (χ4n) is 4.19. The van der Waals surface area contributed by atoms with E-state index in [1.54, 1.807) is 32.3 Å². The number of nitrogens with one attached hydrogen (secondary N) is 1. The molecule has 1 amide bonds. The van der Waals surface area contributed by atoms with Crippen molar-refractivity contribution in [1.29, 1.82) is 0 Å². The Bertz CT molecular complexity index is 915. The molecule has 2 fully saturated rings. The Balaban J connectivity index is 1.42. The van der Waals surface area contributed by atoms with Crippen LogP contribution >= 0.6 is 0 Å². The number of carbonyl (C=O) groups excluding carboxylic acids is 1. The molecule has 0 spiro atoms. The highest BCUT2D eigenvalue weighted by molar-refractivity contribution is 5.91. The van der Waals surface area contributed by atoms with Gasteiger partial charge in [-0.05, 0) is 55.5 Å². The summed E-state index contributed by atoms with van der Waals surface area (Å²) in [6.45, 7) is 0. The number of phenols is 1. The third-order valence-corrected chi connectivity index (χ3v) is 5.76. The number of hydrogen-bond acceptors (Lipinski definition) is 6. The number of aromatic nitrogens is 2. The predicted molar refractivity (Wildman–Crippen MR) is 115 cm³/mol. The molecule has 2 N–H and O–H groups in total. The minimum atomic E-state index is -0.114. The van der Waals surface area contributed by atoms with Crippen LogP contribution in [0.25, 0.3) is 17.3 Å². The van der Waals surface area contributed by atoms with E-state index in [-0.39, 0.29) is 17.8 Å². The van der Waals surface area contributed by atoms with Crippen molar-refractivity contribution in [2.24, 2.45) is 0 Å². The van der Waals surface area contributed by atoms with E-state index in [1.807, 2.05) is 18.2 Å². The van der Waals surface area contributed by atoms with Crippen LogP contribution < -0.4 is 10.1 Å².